The number of fused-ring (bicyclic) bond motifs is 4. The van der Waals surface area contributed by atoms with Gasteiger partial charge in [-0.15, -0.1) is 23.0 Å². The molecule has 8 aromatic rings. The van der Waals surface area contributed by atoms with Crippen molar-refractivity contribution in [1.82, 2.24) is 19.6 Å². The van der Waals surface area contributed by atoms with Gasteiger partial charge in [0.2, 0.25) is 0 Å². The zero-order valence-electron chi connectivity index (χ0n) is 49.1. The predicted octanol–water partition coefficient (Wildman–Crippen LogP) is -0.157. The van der Waals surface area contributed by atoms with Crippen LogP contribution in [0.5, 0.6) is 23.0 Å². The fraction of sp³-hybridized carbons (Fsp3) is 0.333. The number of quaternary nitrogens is 2. The summed E-state index contributed by atoms with van der Waals surface area (Å²) in [5.74, 6) is -4.87. The molecule has 2 fully saturated rings. The van der Waals surface area contributed by atoms with Gasteiger partial charge in [-0.1, -0.05) is 146 Å². The molecule has 2 saturated heterocycles. The predicted molar refractivity (Wildman–Crippen MR) is 310 cm³/mol. The van der Waals surface area contributed by atoms with Crippen molar-refractivity contribution in [2.75, 3.05) is 80.5 Å². The summed E-state index contributed by atoms with van der Waals surface area (Å²) in [6.07, 6.45) is 8.72. The van der Waals surface area contributed by atoms with Crippen molar-refractivity contribution >= 4 is 67.0 Å². The number of hydrogen-bond acceptors (Lipinski definition) is 16. The maximum Gasteiger partial charge on any atom is 3.00 e. The van der Waals surface area contributed by atoms with Crippen LogP contribution in [0.4, 0.5) is 0 Å². The molecule has 4 N–H and O–H groups in total. The molecule has 10 rings (SSSR count). The Bertz CT molecular complexity index is 2950. The normalized spacial score (nSPS) is 12.6. The second-order valence-electron chi connectivity index (χ2n) is 21.1. The second kappa shape index (κ2) is 38.6. The monoisotopic (exact) mass is 1260 g/mol. The number of benzene rings is 8. The summed E-state index contributed by atoms with van der Waals surface area (Å²) in [6, 6.07) is 43.5. The van der Waals surface area contributed by atoms with Crippen LogP contribution in [0.15, 0.2) is 146 Å². The number of nitrogens with zero attached hydrogens (tertiary/aromatic N) is 4. The van der Waals surface area contributed by atoms with Crippen LogP contribution >= 0.6 is 0 Å². The molecule has 2 heterocycles. The molecule has 0 aromatic heterocycles. The molecular weight excluding hydrogens is 1190 g/mol. The van der Waals surface area contributed by atoms with E-state index in [2.05, 4.69) is 10.6 Å². The number of aliphatic carboxylic acids is 4. The van der Waals surface area contributed by atoms with E-state index in [0.717, 1.165) is 43.1 Å². The third-order valence-corrected chi connectivity index (χ3v) is 13.9. The van der Waals surface area contributed by atoms with Gasteiger partial charge in [0, 0.05) is 52.4 Å². The van der Waals surface area contributed by atoms with E-state index in [1.165, 1.54) is 89.0 Å². The largest absolute Gasteiger partial charge is 3.00 e. The zero-order valence-corrected chi connectivity index (χ0v) is 51.2. The van der Waals surface area contributed by atoms with Gasteiger partial charge in [-0.3, -0.25) is 19.6 Å². The van der Waals surface area contributed by atoms with Crippen LogP contribution in [-0.4, -0.2) is 124 Å². The van der Waals surface area contributed by atoms with E-state index in [0.29, 0.717) is 48.4 Å². The Hall–Kier alpha value is -7.35. The van der Waals surface area contributed by atoms with Crippen molar-refractivity contribution < 1.29 is 104 Å². The van der Waals surface area contributed by atoms with Gasteiger partial charge >= 0.3 is 33.6 Å². The molecule has 0 unspecified atom stereocenters. The molecule has 0 aliphatic carbocycles. The average molecular weight is 1260 g/mol. The van der Waals surface area contributed by atoms with Crippen LogP contribution in [0.1, 0.15) is 60.8 Å². The number of likely N-dealkylation sites (N-methyl/N-ethyl adjacent to an activating group) is 4. The maximum atomic E-state index is 11.9. The first-order chi connectivity index (χ1) is 40.3. The zero-order chi connectivity index (χ0) is 61.0. The third kappa shape index (κ3) is 24.9. The number of carbonyl (C=O) groups is 4. The summed E-state index contributed by atoms with van der Waals surface area (Å²) in [5.41, 5.74) is 2.49. The van der Waals surface area contributed by atoms with E-state index in [1.807, 2.05) is 97.1 Å². The number of rotatable bonds is 16. The van der Waals surface area contributed by atoms with Crippen LogP contribution in [0.25, 0.3) is 43.1 Å². The quantitative estimate of drug-likeness (QED) is 0.127. The molecule has 8 aromatic carbocycles. The Morgan fingerprint density at radius 3 is 0.686 bits per heavy atom. The Balaban J connectivity index is 0.000000279. The molecule has 0 radical (unpaired) electrons. The van der Waals surface area contributed by atoms with Gasteiger partial charge in [-0.25, -0.2) is 0 Å². The smallest absolute Gasteiger partial charge is 0.872 e. The van der Waals surface area contributed by atoms with Gasteiger partial charge in [0.15, 0.2) is 0 Å². The molecule has 0 saturated carbocycles. The number of nitrogens with two attached hydrogens (primary N) is 2. The van der Waals surface area contributed by atoms with Crippen molar-refractivity contribution in [1.29, 1.82) is 0 Å². The van der Waals surface area contributed by atoms with Crippen molar-refractivity contribution in [3.63, 3.8) is 0 Å². The van der Waals surface area contributed by atoms with Gasteiger partial charge in [0.1, 0.15) is 0 Å². The summed E-state index contributed by atoms with van der Waals surface area (Å²) in [6.45, 7) is 5.93. The van der Waals surface area contributed by atoms with Gasteiger partial charge in [0.05, 0.1) is 50.1 Å². The minimum absolute atomic E-state index is 0. The topological polar surface area (TPSA) is 299 Å². The summed E-state index contributed by atoms with van der Waals surface area (Å²) >= 11 is 0. The van der Waals surface area contributed by atoms with Crippen molar-refractivity contribution in [3.8, 4) is 23.0 Å². The van der Waals surface area contributed by atoms with Crippen LogP contribution < -0.4 is 51.5 Å². The average Bonchev–Trinajstić information content (AvgIpc) is 2.68. The van der Waals surface area contributed by atoms with Crippen molar-refractivity contribution in [2.45, 2.75) is 64.7 Å². The summed E-state index contributed by atoms with van der Waals surface area (Å²) in [7, 11) is 6.60. The van der Waals surface area contributed by atoms with E-state index in [4.69, 9.17) is 0 Å². The Morgan fingerprint density at radius 2 is 0.523 bits per heavy atom. The number of hydrogen-bond donors (Lipinski definition) is 2. The van der Waals surface area contributed by atoms with E-state index >= 15 is 0 Å². The molecule has 0 spiro atoms. The van der Waals surface area contributed by atoms with Crippen molar-refractivity contribution in [3.05, 3.63) is 168 Å². The minimum Gasteiger partial charge on any atom is -0.872 e. The minimum atomic E-state index is -1.15. The van der Waals surface area contributed by atoms with Crippen LogP contribution in [-0.2, 0) is 78.9 Å². The van der Waals surface area contributed by atoms with Crippen LogP contribution in [0, 0.1) is 0 Å². The van der Waals surface area contributed by atoms with Gasteiger partial charge < -0.3 is 70.7 Å². The molecule has 86 heavy (non-hydrogen) atoms. The van der Waals surface area contributed by atoms with Gasteiger partial charge in [0.25, 0.3) is 0 Å². The number of carbonyl (C=O) groups excluding carboxylic acids is 4. The second-order valence-corrected chi connectivity index (χ2v) is 21.1. The first kappa shape index (κ1) is 72.9. The maximum absolute atomic E-state index is 11.9. The summed E-state index contributed by atoms with van der Waals surface area (Å²) in [4.78, 5) is 48.3. The Labute approximate surface area is 524 Å². The molecule has 460 valence electrons. The van der Waals surface area contributed by atoms with Gasteiger partial charge in [-0.05, 0) is 132 Å². The molecule has 0 amide bonds. The molecule has 18 nitrogen and oxygen atoms in total. The first-order valence-corrected chi connectivity index (χ1v) is 28.2. The van der Waals surface area contributed by atoms with E-state index in [1.54, 1.807) is 72.1 Å². The standard InChI is InChI=1S/4C14H15NO3.2C5H11N.2Co/c4*1-15(9-14(17)18)8-12-11-5-3-2-4-10(11)6-7-13(12)16;2*1-2-4-6-5-3-1;;/h4*2-7,16H,8-9H2,1H3,(H,17,18);2*6H,1-5H2;;/q;;;;;;2*+3/p-6. The van der Waals surface area contributed by atoms with E-state index in [-0.39, 0.29) is 82.7 Å². The first-order valence-electron chi connectivity index (χ1n) is 28.2. The van der Waals surface area contributed by atoms with Crippen molar-refractivity contribution in [2.24, 2.45) is 0 Å². The van der Waals surface area contributed by atoms with Crippen LogP contribution in [0.3, 0.4) is 0 Å². The van der Waals surface area contributed by atoms with Gasteiger partial charge in [-0.2, -0.15) is 0 Å². The van der Waals surface area contributed by atoms with E-state index in [9.17, 15) is 60.0 Å². The number of piperidine rings is 2. The summed E-state index contributed by atoms with van der Waals surface area (Å²) in [5, 5.41) is 102. The number of carboxylic acid groups (broad SMARTS) is 4. The van der Waals surface area contributed by atoms with E-state index < -0.39 is 23.9 Å². The molecule has 0 atom stereocenters. The fourth-order valence-corrected chi connectivity index (χ4v) is 9.90. The van der Waals surface area contributed by atoms with Crippen LogP contribution in [0.2, 0.25) is 0 Å². The molecule has 20 heteroatoms. The fourth-order valence-electron chi connectivity index (χ4n) is 9.90. The molecule has 2 aliphatic heterocycles. The Kier molecular flexibility index (Phi) is 32.8. The summed E-state index contributed by atoms with van der Waals surface area (Å²) < 4.78 is 0. The molecular formula is C66H76Co2N6O12. The molecule has 2 aliphatic rings. The third-order valence-electron chi connectivity index (χ3n) is 13.9. The number of carboxylic acids is 4. The Morgan fingerprint density at radius 1 is 0.326 bits per heavy atom. The SMILES string of the molecule is C1CC[NH2+]CC1.C1CC[NH2+]CC1.CN(CC(=O)[O-])Cc1c([O-])ccc2ccccc12.CN(CC(=O)[O-])Cc1c([O-])ccc2ccccc12.CN(CC(=O)[O-])Cc1c([O-])ccc2ccccc12.CN(CC(=O)[O-])Cc1c([O-])ccc2ccccc12.[Co+3].[Co+3]. The molecule has 0 bridgehead atoms.